The SMILES string of the molecule is CCCCCCOc1cc2c(cc1OCCCCCC)c1c3cc(OCCCCCC)c(OCCCCCC)cc3c3c4cc(OCCCCCC)c(OCCCCCC)cc4c4c5cc(OCCCCCC)c(OCCCCCC)cc5c5c6cc(OCCCCCC)c(OCCCCCC)cc6c6c7cc(OCCCCCC)c(OCCCCCC)cc7c2c2c1c3c4c5c62. The van der Waals surface area contributed by atoms with Crippen molar-refractivity contribution in [2.75, 3.05) is 79.3 Å². The summed E-state index contributed by atoms with van der Waals surface area (Å²) in [4.78, 5) is 0. The molecule has 0 aliphatic carbocycles. The summed E-state index contributed by atoms with van der Waals surface area (Å²) < 4.78 is 89.1. The Kier molecular flexibility index (Phi) is 40.9. The number of ether oxygens (including phenoxy) is 12. The molecule has 0 unspecified atom stereocenters. The first-order chi connectivity index (χ1) is 65.2. The van der Waals surface area contributed by atoms with Crippen LogP contribution < -0.4 is 56.8 Å². The molecule has 0 atom stereocenters. The fourth-order valence-corrected chi connectivity index (χ4v) is 20.5. The molecule has 132 heavy (non-hydrogen) atoms. The summed E-state index contributed by atoms with van der Waals surface area (Å²) in [6.07, 6.45) is 51.5. The van der Waals surface area contributed by atoms with E-state index in [2.05, 4.69) is 156 Å². The highest BCUT2D eigenvalue weighted by atomic mass is 16.5. The molecule has 0 heterocycles. The van der Waals surface area contributed by atoms with Crippen LogP contribution in [0.15, 0.2) is 72.8 Å². The monoisotopic (exact) mass is 1800 g/mol. The molecule has 0 bridgehead atoms. The zero-order valence-corrected chi connectivity index (χ0v) is 84.3. The van der Waals surface area contributed by atoms with Crippen LogP contribution in [0.2, 0.25) is 0 Å². The molecule has 0 fully saturated rings. The molecule has 0 saturated carbocycles. The Morgan fingerprint density at radius 2 is 0.189 bits per heavy atom. The minimum atomic E-state index is 0.563. The predicted octanol–water partition coefficient (Wildman–Crippen LogP) is 37.3. The molecule has 0 amide bonds. The van der Waals surface area contributed by atoms with Crippen molar-refractivity contribution in [3.8, 4) is 69.0 Å². The molecular weight excluding hydrogens is 1630 g/mol. The molecule has 12 nitrogen and oxygen atoms in total. The first kappa shape index (κ1) is 101. The highest BCUT2D eigenvalue weighted by molar-refractivity contribution is 6.61. The van der Waals surface area contributed by atoms with Gasteiger partial charge >= 0.3 is 0 Å². The van der Waals surface area contributed by atoms with Crippen LogP contribution in [-0.2, 0) is 0 Å². The molecule has 0 saturated heterocycles. The predicted molar refractivity (Wildman–Crippen MR) is 566 cm³/mol. The molecule has 13 rings (SSSR count). The topological polar surface area (TPSA) is 111 Å². The normalized spacial score (nSPS) is 12.1. The lowest BCUT2D eigenvalue weighted by Crippen LogP contribution is -2.06. The van der Waals surface area contributed by atoms with Gasteiger partial charge in [0.15, 0.2) is 69.0 Å². The van der Waals surface area contributed by atoms with Gasteiger partial charge in [0.2, 0.25) is 0 Å². The third-order valence-electron chi connectivity index (χ3n) is 27.8. The minimum Gasteiger partial charge on any atom is -0.490 e. The van der Waals surface area contributed by atoms with Gasteiger partial charge in [-0.15, -0.1) is 0 Å². The first-order valence-corrected chi connectivity index (χ1v) is 54.3. The second-order valence-corrected chi connectivity index (χ2v) is 38.5. The van der Waals surface area contributed by atoms with Crippen LogP contribution in [0.1, 0.15) is 391 Å². The summed E-state index contributed by atoms with van der Waals surface area (Å²) in [7, 11) is 0. The van der Waals surface area contributed by atoms with Gasteiger partial charge in [0, 0.05) is 0 Å². The molecule has 0 N–H and O–H groups in total. The van der Waals surface area contributed by atoms with Crippen molar-refractivity contribution in [3.63, 3.8) is 0 Å². The Bertz CT molecular complexity index is 4460. The fourth-order valence-electron chi connectivity index (χ4n) is 20.5. The van der Waals surface area contributed by atoms with Gasteiger partial charge in [0.1, 0.15) is 0 Å². The largest absolute Gasteiger partial charge is 0.490 e. The van der Waals surface area contributed by atoms with E-state index in [1.54, 1.807) is 0 Å². The van der Waals surface area contributed by atoms with Crippen molar-refractivity contribution in [2.24, 2.45) is 0 Å². The van der Waals surface area contributed by atoms with E-state index in [1.165, 1.54) is 32.3 Å². The summed E-state index contributed by atoms with van der Waals surface area (Å²) in [5, 5.41) is 27.0. The van der Waals surface area contributed by atoms with Gasteiger partial charge in [-0.1, -0.05) is 314 Å². The summed E-state index contributed by atoms with van der Waals surface area (Å²) in [5.41, 5.74) is 0. The van der Waals surface area contributed by atoms with E-state index in [9.17, 15) is 0 Å². The van der Waals surface area contributed by atoms with Crippen molar-refractivity contribution < 1.29 is 56.8 Å². The van der Waals surface area contributed by atoms with Crippen molar-refractivity contribution in [3.05, 3.63) is 72.8 Å². The number of benzene rings is 13. The van der Waals surface area contributed by atoms with E-state index in [0.29, 0.717) is 79.3 Å². The molecule has 0 aromatic heterocycles. The standard InChI is InChI=1S/C120H168O12/c1-13-25-37-49-61-121-97-73-85-86(74-98(97)122-62-50-38-26-14-2)110-89-77-101(125-65-53-41-29-17-5)102(126-66-54-42-30-18-6)78-90(89)112-93-81-105(129-69-57-45-33-21-9)107(131-71-59-47-35-23-11)83-95(93)114-96-84-108(132-72-60-48-36-24-12)106(130-70-58-46-34-22-10)82-94(96)113-92-80-104(128-68-56-44-32-20-8)103(127-67-55-43-31-19-7)79-91(92)111-88-76-100(124-64-52-40-28-16-4)99(123-63-51-39-27-15-3)75-87(88)109(85)115-116(110)118(112)120(114)119(113)117(111)115/h73-84H,13-72H2,1-12H3. The lowest BCUT2D eigenvalue weighted by Gasteiger charge is -2.30. The minimum absolute atomic E-state index is 0.563. The molecular formula is C120H168O12. The number of unbranched alkanes of at least 4 members (excludes halogenated alkanes) is 36. The van der Waals surface area contributed by atoms with E-state index in [-0.39, 0.29) is 0 Å². The van der Waals surface area contributed by atoms with Crippen molar-refractivity contribution in [1.29, 1.82) is 0 Å². The second kappa shape index (κ2) is 53.6. The Labute approximate surface area is 793 Å². The maximum atomic E-state index is 7.42. The van der Waals surface area contributed by atoms with Crippen LogP contribution in [-0.4, -0.2) is 79.3 Å². The second-order valence-electron chi connectivity index (χ2n) is 38.5. The Morgan fingerprint density at radius 1 is 0.106 bits per heavy atom. The first-order valence-electron chi connectivity index (χ1n) is 54.3. The molecule has 12 heteroatoms. The highest BCUT2D eigenvalue weighted by Crippen LogP contribution is 2.63. The van der Waals surface area contributed by atoms with Gasteiger partial charge in [-0.05, 0) is 279 Å². The quantitative estimate of drug-likeness (QED) is 0.0206. The van der Waals surface area contributed by atoms with Gasteiger partial charge in [-0.25, -0.2) is 0 Å². The maximum absolute atomic E-state index is 7.42. The van der Waals surface area contributed by atoms with E-state index < -0.39 is 0 Å². The van der Waals surface area contributed by atoms with Crippen LogP contribution >= 0.6 is 0 Å². The Morgan fingerprint density at radius 3 is 0.265 bits per heavy atom. The fraction of sp³-hybridized carbons (Fsp3) is 0.600. The summed E-state index contributed by atoms with van der Waals surface area (Å²) in [6.45, 7) is 34.3. The van der Waals surface area contributed by atoms with Gasteiger partial charge in [0.25, 0.3) is 0 Å². The number of rotatable bonds is 72. The van der Waals surface area contributed by atoms with Crippen molar-refractivity contribution in [2.45, 2.75) is 391 Å². The Hall–Kier alpha value is -8.64. The smallest absolute Gasteiger partial charge is 0.161 e. The molecule has 720 valence electrons. The molecule has 13 aromatic rings. The van der Waals surface area contributed by atoms with Gasteiger partial charge in [0.05, 0.1) is 79.3 Å². The lowest BCUT2D eigenvalue weighted by atomic mass is 9.74. The van der Waals surface area contributed by atoms with Crippen LogP contribution in [0, 0.1) is 0 Å². The van der Waals surface area contributed by atoms with Crippen LogP contribution in [0.5, 0.6) is 69.0 Å². The summed E-state index contributed by atoms with van der Waals surface area (Å²) in [6, 6.07) is 28.9. The van der Waals surface area contributed by atoms with Gasteiger partial charge in [-0.3, -0.25) is 0 Å². The van der Waals surface area contributed by atoms with Crippen LogP contribution in [0.4, 0.5) is 0 Å². The third-order valence-corrected chi connectivity index (χ3v) is 27.8. The van der Waals surface area contributed by atoms with Crippen LogP contribution in [0.3, 0.4) is 0 Å². The average Bonchev–Trinajstić information content (AvgIpc) is 0.643. The van der Waals surface area contributed by atoms with E-state index in [4.69, 9.17) is 56.8 Å². The molecule has 13 aromatic carbocycles. The number of hydrogen-bond acceptors (Lipinski definition) is 12. The third kappa shape index (κ3) is 24.6. The van der Waals surface area contributed by atoms with E-state index in [1.807, 2.05) is 0 Å². The van der Waals surface area contributed by atoms with Crippen molar-refractivity contribution >= 4 is 129 Å². The summed E-state index contributed by atoms with van der Waals surface area (Å²) in [5.74, 6) is 9.19. The average molecular weight is 1800 g/mol. The van der Waals surface area contributed by atoms with E-state index in [0.717, 1.165) is 474 Å². The molecule has 0 spiro atoms. The van der Waals surface area contributed by atoms with Gasteiger partial charge in [-0.2, -0.15) is 0 Å². The number of hydrogen-bond donors (Lipinski definition) is 0. The van der Waals surface area contributed by atoms with E-state index >= 15 is 0 Å². The Balaban J connectivity index is 1.37. The van der Waals surface area contributed by atoms with Crippen LogP contribution in [0.25, 0.3) is 129 Å². The zero-order valence-electron chi connectivity index (χ0n) is 84.3. The summed E-state index contributed by atoms with van der Waals surface area (Å²) >= 11 is 0. The van der Waals surface area contributed by atoms with Crippen molar-refractivity contribution in [1.82, 2.24) is 0 Å². The number of fused-ring (bicyclic) bond motifs is 18. The molecule has 0 aliphatic rings. The highest BCUT2D eigenvalue weighted by Gasteiger charge is 2.35. The molecule has 0 aliphatic heterocycles. The van der Waals surface area contributed by atoms with Gasteiger partial charge < -0.3 is 56.8 Å². The maximum Gasteiger partial charge on any atom is 0.161 e. The lowest BCUT2D eigenvalue weighted by molar-refractivity contribution is 0.259. The molecule has 0 radical (unpaired) electrons. The zero-order chi connectivity index (χ0) is 92.2.